The van der Waals surface area contributed by atoms with Gasteiger partial charge in [-0.2, -0.15) is 4.98 Å². The average molecular weight is 307 g/mol. The third-order valence-electron chi connectivity index (χ3n) is 1.67. The van der Waals surface area contributed by atoms with Gasteiger partial charge in [0.25, 0.3) is 0 Å². The monoisotopic (exact) mass is 306 g/mol. The number of carbonyl (C=O) groups excluding carboxylic acids is 2. The smallest absolute Gasteiger partial charge is 0.414 e. The van der Waals surface area contributed by atoms with Crippen LogP contribution in [0.15, 0.2) is 6.20 Å². The van der Waals surface area contributed by atoms with Crippen molar-refractivity contribution in [3.63, 3.8) is 0 Å². The topological polar surface area (TPSA) is 102 Å². The summed E-state index contributed by atoms with van der Waals surface area (Å²) in [6.07, 6.45) is 0.524. The lowest BCUT2D eigenvalue weighted by atomic mass is 10.5. The van der Waals surface area contributed by atoms with Gasteiger partial charge in [-0.1, -0.05) is 0 Å². The molecule has 0 spiro atoms. The fourth-order valence-electron chi connectivity index (χ4n) is 0.942. The summed E-state index contributed by atoms with van der Waals surface area (Å²) in [6, 6.07) is 0. The molecule has 1 aromatic heterocycles. The Bertz CT molecular complexity index is 474. The number of nitrogens with one attached hydrogen (secondary N) is 2. The van der Waals surface area contributed by atoms with E-state index in [1.807, 2.05) is 5.32 Å². The molecule has 0 aliphatic carbocycles. The minimum absolute atomic E-state index is 0.00491. The second-order valence-corrected chi connectivity index (χ2v) is 4.01. The maximum absolute atomic E-state index is 11.4. The highest BCUT2D eigenvalue weighted by molar-refractivity contribution is 8.14. The summed E-state index contributed by atoms with van der Waals surface area (Å²) in [6.45, 7) is 1.80. The van der Waals surface area contributed by atoms with Gasteiger partial charge in [0.15, 0.2) is 11.6 Å². The second-order valence-electron chi connectivity index (χ2n) is 2.89. The molecule has 1 heterocycles. The van der Waals surface area contributed by atoms with Crippen LogP contribution >= 0.6 is 23.5 Å². The molecule has 0 aromatic carbocycles. The summed E-state index contributed by atoms with van der Waals surface area (Å²) >= 11 is 6.21. The zero-order chi connectivity index (χ0) is 14.3. The highest BCUT2D eigenvalue weighted by atomic mass is 35.5. The highest BCUT2D eigenvalue weighted by Gasteiger charge is 2.12. The maximum atomic E-state index is 11.4. The van der Waals surface area contributed by atoms with Crippen molar-refractivity contribution < 1.29 is 19.1 Å². The normalized spacial score (nSPS) is 9.63. The largest absolute Gasteiger partial charge is 0.491 e. The van der Waals surface area contributed by atoms with Crippen molar-refractivity contribution in [1.82, 2.24) is 15.3 Å². The zero-order valence-corrected chi connectivity index (χ0v) is 11.7. The average Bonchev–Trinajstić information content (AvgIpc) is 2.36. The molecule has 0 bridgehead atoms. The standard InChI is InChI=1S/C9H11ClN4O4S/c1-3-18-8(15)13-9(16)19-14-6-5(17-2)4-11-7(10)12-6/h4H,3H2,1-2H3,(H,11,12,14)(H,13,15,16). The van der Waals surface area contributed by atoms with E-state index >= 15 is 0 Å². The number of anilines is 1. The molecule has 1 rings (SSSR count). The van der Waals surface area contributed by atoms with Gasteiger partial charge in [0.1, 0.15) is 0 Å². The number of nitrogens with zero attached hydrogens (tertiary/aromatic N) is 2. The molecular weight excluding hydrogens is 296 g/mol. The summed E-state index contributed by atoms with van der Waals surface area (Å²) in [5.41, 5.74) is 0. The van der Waals surface area contributed by atoms with Crippen LogP contribution in [0.1, 0.15) is 6.92 Å². The van der Waals surface area contributed by atoms with Gasteiger partial charge in [-0.3, -0.25) is 10.1 Å². The molecule has 104 valence electrons. The van der Waals surface area contributed by atoms with Gasteiger partial charge in [0, 0.05) is 11.9 Å². The fourth-order valence-corrected chi connectivity index (χ4v) is 1.55. The Morgan fingerprint density at radius 2 is 2.26 bits per heavy atom. The Labute approximate surface area is 118 Å². The summed E-state index contributed by atoms with van der Waals surface area (Å²) < 4.78 is 12.1. The summed E-state index contributed by atoms with van der Waals surface area (Å²) in [5.74, 6) is 0.521. The van der Waals surface area contributed by atoms with E-state index in [0.717, 1.165) is 0 Å². The number of methoxy groups -OCH3 is 1. The van der Waals surface area contributed by atoms with Gasteiger partial charge in [0.2, 0.25) is 5.28 Å². The Kier molecular flexibility index (Phi) is 6.16. The molecule has 0 saturated carbocycles. The molecule has 0 atom stereocenters. The summed E-state index contributed by atoms with van der Waals surface area (Å²) in [7, 11) is 1.42. The van der Waals surface area contributed by atoms with Crippen LogP contribution in [0.25, 0.3) is 0 Å². The number of rotatable bonds is 4. The molecular formula is C9H11ClN4O4S. The molecule has 0 radical (unpaired) electrons. The molecule has 19 heavy (non-hydrogen) atoms. The minimum Gasteiger partial charge on any atom is -0.491 e. The molecule has 0 aliphatic heterocycles. The number of imide groups is 1. The van der Waals surface area contributed by atoms with Gasteiger partial charge < -0.3 is 14.2 Å². The Morgan fingerprint density at radius 3 is 2.89 bits per heavy atom. The zero-order valence-electron chi connectivity index (χ0n) is 10.1. The van der Waals surface area contributed by atoms with Crippen LogP contribution in [0.2, 0.25) is 5.28 Å². The van der Waals surface area contributed by atoms with Crippen molar-refractivity contribution in [2.75, 3.05) is 18.4 Å². The molecule has 2 N–H and O–H groups in total. The maximum Gasteiger partial charge on any atom is 0.414 e. The van der Waals surface area contributed by atoms with Crippen molar-refractivity contribution in [2.24, 2.45) is 0 Å². The minimum atomic E-state index is -0.825. The molecule has 0 saturated heterocycles. The number of hydrogen-bond donors (Lipinski definition) is 2. The molecule has 0 aliphatic rings. The first-order valence-electron chi connectivity index (χ1n) is 5.04. The first-order chi connectivity index (χ1) is 9.06. The van der Waals surface area contributed by atoms with Crippen LogP contribution in [0, 0.1) is 0 Å². The van der Waals surface area contributed by atoms with E-state index < -0.39 is 11.3 Å². The molecule has 2 amide bonds. The van der Waals surface area contributed by atoms with Crippen LogP contribution in [0.4, 0.5) is 15.4 Å². The summed E-state index contributed by atoms with van der Waals surface area (Å²) in [5, 5.41) is 1.32. The van der Waals surface area contributed by atoms with Crippen LogP contribution in [0.5, 0.6) is 5.75 Å². The van der Waals surface area contributed by atoms with E-state index in [4.69, 9.17) is 16.3 Å². The van der Waals surface area contributed by atoms with E-state index in [-0.39, 0.29) is 17.7 Å². The lowest BCUT2D eigenvalue weighted by Crippen LogP contribution is -2.28. The predicted molar refractivity (Wildman–Crippen MR) is 70.4 cm³/mol. The van der Waals surface area contributed by atoms with E-state index in [9.17, 15) is 9.59 Å². The SMILES string of the molecule is CCOC(=O)NC(=O)SNc1nc(Cl)ncc1OC. The van der Waals surface area contributed by atoms with Crippen molar-refractivity contribution in [3.05, 3.63) is 11.5 Å². The first kappa shape index (κ1) is 15.3. The predicted octanol–water partition coefficient (Wildman–Crippen LogP) is 2.06. The lowest BCUT2D eigenvalue weighted by Gasteiger charge is -2.08. The lowest BCUT2D eigenvalue weighted by molar-refractivity contribution is 0.155. The third-order valence-corrected chi connectivity index (χ3v) is 2.43. The Balaban J connectivity index is 2.54. The number of ether oxygens (including phenoxy) is 2. The van der Waals surface area contributed by atoms with E-state index in [2.05, 4.69) is 19.4 Å². The van der Waals surface area contributed by atoms with Crippen LogP contribution < -0.4 is 14.8 Å². The van der Waals surface area contributed by atoms with Gasteiger partial charge >= 0.3 is 11.3 Å². The van der Waals surface area contributed by atoms with Crippen molar-refractivity contribution in [3.8, 4) is 5.75 Å². The van der Waals surface area contributed by atoms with Gasteiger partial charge in [-0.15, -0.1) is 0 Å². The van der Waals surface area contributed by atoms with Gasteiger partial charge in [0.05, 0.1) is 19.9 Å². The van der Waals surface area contributed by atoms with Gasteiger partial charge in [-0.25, -0.2) is 9.78 Å². The number of hydrogen-bond acceptors (Lipinski definition) is 8. The molecule has 0 fully saturated rings. The van der Waals surface area contributed by atoms with E-state index in [1.165, 1.54) is 13.3 Å². The number of alkyl carbamates (subject to hydrolysis) is 1. The molecule has 8 nitrogen and oxygen atoms in total. The number of aromatic nitrogens is 2. The number of carbonyl (C=O) groups is 2. The quantitative estimate of drug-likeness (QED) is 0.643. The fraction of sp³-hybridized carbons (Fsp3) is 0.333. The molecule has 0 unspecified atom stereocenters. The summed E-state index contributed by atoms with van der Waals surface area (Å²) in [4.78, 5) is 29.9. The molecule has 1 aromatic rings. The first-order valence-corrected chi connectivity index (χ1v) is 6.23. The van der Waals surface area contributed by atoms with Crippen LogP contribution in [-0.4, -0.2) is 35.0 Å². The third kappa shape index (κ3) is 5.18. The Hall–Kier alpha value is -1.74. The van der Waals surface area contributed by atoms with Crippen molar-refractivity contribution >= 4 is 40.7 Å². The van der Waals surface area contributed by atoms with Crippen molar-refractivity contribution in [1.29, 1.82) is 0 Å². The molecule has 10 heteroatoms. The number of amides is 2. The van der Waals surface area contributed by atoms with E-state index in [0.29, 0.717) is 17.7 Å². The van der Waals surface area contributed by atoms with Crippen molar-refractivity contribution in [2.45, 2.75) is 6.92 Å². The van der Waals surface area contributed by atoms with Gasteiger partial charge in [-0.05, 0) is 18.5 Å². The highest BCUT2D eigenvalue weighted by Crippen LogP contribution is 2.24. The Morgan fingerprint density at radius 1 is 1.53 bits per heavy atom. The second kappa shape index (κ2) is 7.64. The van der Waals surface area contributed by atoms with Crippen LogP contribution in [-0.2, 0) is 4.74 Å². The van der Waals surface area contributed by atoms with Crippen LogP contribution in [0.3, 0.4) is 0 Å². The number of halogens is 1. The van der Waals surface area contributed by atoms with E-state index in [1.54, 1.807) is 6.92 Å².